The van der Waals surface area contributed by atoms with Crippen LogP contribution in [0.2, 0.25) is 0 Å². The van der Waals surface area contributed by atoms with Crippen LogP contribution in [0, 0.1) is 0 Å². The summed E-state index contributed by atoms with van der Waals surface area (Å²) in [5.74, 6) is 0. The standard InChI is InChI=1S/C4Cl4O2/c5-1-2(6)4(8)10-9-3(1)7. The van der Waals surface area contributed by atoms with E-state index in [4.69, 9.17) is 46.4 Å². The highest BCUT2D eigenvalue weighted by Gasteiger charge is 2.20. The SMILES string of the molecule is ClC1=C(Cl)C(Cl)=C(Cl)OO1. The van der Waals surface area contributed by atoms with E-state index in [1.165, 1.54) is 0 Å². The third-order valence-corrected chi connectivity index (χ3v) is 2.24. The lowest BCUT2D eigenvalue weighted by Crippen LogP contribution is -1.98. The number of hydrogen-bond donors (Lipinski definition) is 0. The first kappa shape index (κ1) is 8.34. The van der Waals surface area contributed by atoms with Crippen molar-refractivity contribution in [1.82, 2.24) is 0 Å². The van der Waals surface area contributed by atoms with Gasteiger partial charge in [-0.1, -0.05) is 23.2 Å². The van der Waals surface area contributed by atoms with Crippen molar-refractivity contribution in [3.05, 3.63) is 20.5 Å². The summed E-state index contributed by atoms with van der Waals surface area (Å²) in [6, 6.07) is 0. The number of halogens is 4. The molecule has 0 aromatic carbocycles. The molecular weight excluding hydrogens is 222 g/mol. The maximum absolute atomic E-state index is 5.48. The summed E-state index contributed by atoms with van der Waals surface area (Å²) in [5, 5.41) is -0.175. The number of allylic oxidation sites excluding steroid dienone is 2. The molecule has 0 atom stereocenters. The molecule has 0 bridgehead atoms. The normalized spacial score (nSPS) is 18.8. The summed E-state index contributed by atoms with van der Waals surface area (Å²) < 4.78 is 0. The number of rotatable bonds is 0. The molecule has 0 saturated carbocycles. The average molecular weight is 222 g/mol. The highest BCUT2D eigenvalue weighted by atomic mass is 35.5. The minimum atomic E-state index is -0.129. The van der Waals surface area contributed by atoms with Crippen molar-refractivity contribution in [3.8, 4) is 0 Å². The monoisotopic (exact) mass is 220 g/mol. The molecule has 0 fully saturated rings. The van der Waals surface area contributed by atoms with Gasteiger partial charge in [0.15, 0.2) is 0 Å². The van der Waals surface area contributed by atoms with Crippen LogP contribution in [0.5, 0.6) is 0 Å². The molecule has 0 aliphatic carbocycles. The van der Waals surface area contributed by atoms with Gasteiger partial charge in [-0.3, -0.25) is 9.78 Å². The van der Waals surface area contributed by atoms with Crippen molar-refractivity contribution in [1.29, 1.82) is 0 Å². The van der Waals surface area contributed by atoms with E-state index >= 15 is 0 Å². The van der Waals surface area contributed by atoms with E-state index in [0.29, 0.717) is 0 Å². The molecule has 0 N–H and O–H groups in total. The van der Waals surface area contributed by atoms with Crippen molar-refractivity contribution in [3.63, 3.8) is 0 Å². The van der Waals surface area contributed by atoms with E-state index < -0.39 is 0 Å². The summed E-state index contributed by atoms with van der Waals surface area (Å²) in [6.45, 7) is 0. The zero-order valence-corrected chi connectivity index (χ0v) is 7.35. The van der Waals surface area contributed by atoms with Crippen molar-refractivity contribution in [2.75, 3.05) is 0 Å². The molecule has 1 heterocycles. The van der Waals surface area contributed by atoms with Crippen LogP contribution in [0.15, 0.2) is 20.5 Å². The molecule has 1 aliphatic heterocycles. The molecule has 0 amide bonds. The first-order valence-electron chi connectivity index (χ1n) is 2.08. The van der Waals surface area contributed by atoms with Crippen LogP contribution in [-0.2, 0) is 9.78 Å². The highest BCUT2D eigenvalue weighted by Crippen LogP contribution is 2.34. The molecule has 0 saturated heterocycles. The summed E-state index contributed by atoms with van der Waals surface area (Å²) in [4.78, 5) is 8.62. The van der Waals surface area contributed by atoms with Crippen LogP contribution in [0.3, 0.4) is 0 Å². The Morgan fingerprint density at radius 1 is 0.700 bits per heavy atom. The van der Waals surface area contributed by atoms with Gasteiger partial charge in [0.05, 0.1) is 0 Å². The Kier molecular flexibility index (Phi) is 2.58. The fourth-order valence-electron chi connectivity index (χ4n) is 0.319. The quantitative estimate of drug-likeness (QED) is 0.585. The van der Waals surface area contributed by atoms with Gasteiger partial charge in [0.1, 0.15) is 10.1 Å². The van der Waals surface area contributed by atoms with Crippen molar-refractivity contribution < 1.29 is 9.78 Å². The van der Waals surface area contributed by atoms with E-state index in [1.54, 1.807) is 0 Å². The minimum absolute atomic E-state index is 0.0413. The van der Waals surface area contributed by atoms with Gasteiger partial charge in [0.2, 0.25) is 0 Å². The lowest BCUT2D eigenvalue weighted by Gasteiger charge is -2.10. The second kappa shape index (κ2) is 3.09. The largest absolute Gasteiger partial charge is 0.275 e. The van der Waals surface area contributed by atoms with E-state index in [-0.39, 0.29) is 20.5 Å². The maximum atomic E-state index is 5.48. The fraction of sp³-hybridized carbons (Fsp3) is 0. The van der Waals surface area contributed by atoms with E-state index in [2.05, 4.69) is 9.78 Å². The lowest BCUT2D eigenvalue weighted by atomic mass is 10.6. The van der Waals surface area contributed by atoms with Gasteiger partial charge in [-0.25, -0.2) is 0 Å². The predicted octanol–water partition coefficient (Wildman–Crippen LogP) is 3.24. The minimum Gasteiger partial charge on any atom is -0.275 e. The molecule has 0 unspecified atom stereocenters. The van der Waals surface area contributed by atoms with Crippen molar-refractivity contribution in [2.24, 2.45) is 0 Å². The third-order valence-electron chi connectivity index (χ3n) is 0.726. The molecule has 0 aromatic rings. The van der Waals surface area contributed by atoms with Crippen molar-refractivity contribution >= 4 is 46.4 Å². The Balaban J connectivity index is 3.01. The van der Waals surface area contributed by atoms with Crippen LogP contribution in [0.4, 0.5) is 0 Å². The number of hydrogen-bond acceptors (Lipinski definition) is 2. The molecule has 10 heavy (non-hydrogen) atoms. The summed E-state index contributed by atoms with van der Waals surface area (Å²) >= 11 is 21.7. The van der Waals surface area contributed by atoms with Crippen LogP contribution in [0.1, 0.15) is 0 Å². The Labute approximate surface area is 76.8 Å². The zero-order valence-electron chi connectivity index (χ0n) is 4.33. The van der Waals surface area contributed by atoms with Gasteiger partial charge in [0.25, 0.3) is 10.4 Å². The Morgan fingerprint density at radius 2 is 1.00 bits per heavy atom. The lowest BCUT2D eigenvalue weighted by molar-refractivity contribution is -0.212. The molecule has 6 heteroatoms. The van der Waals surface area contributed by atoms with Crippen molar-refractivity contribution in [2.45, 2.75) is 0 Å². The van der Waals surface area contributed by atoms with Gasteiger partial charge < -0.3 is 0 Å². The summed E-state index contributed by atoms with van der Waals surface area (Å²) in [6.07, 6.45) is 0. The molecule has 2 nitrogen and oxygen atoms in total. The van der Waals surface area contributed by atoms with E-state index in [0.717, 1.165) is 0 Å². The van der Waals surface area contributed by atoms with Crippen LogP contribution >= 0.6 is 46.4 Å². The van der Waals surface area contributed by atoms with Gasteiger partial charge in [0, 0.05) is 0 Å². The van der Waals surface area contributed by atoms with Crippen LogP contribution in [-0.4, -0.2) is 0 Å². The molecular formula is C4Cl4O2. The average Bonchev–Trinajstić information content (AvgIpc) is 1.93. The topological polar surface area (TPSA) is 18.5 Å². The van der Waals surface area contributed by atoms with Gasteiger partial charge in [-0.15, -0.1) is 0 Å². The smallest absolute Gasteiger partial charge is 0.265 e. The summed E-state index contributed by atoms with van der Waals surface area (Å²) in [5.41, 5.74) is 0. The van der Waals surface area contributed by atoms with Gasteiger partial charge >= 0.3 is 0 Å². The molecule has 1 aliphatic rings. The Morgan fingerprint density at radius 3 is 1.30 bits per heavy atom. The Bertz CT molecular complexity index is 195. The second-order valence-electron chi connectivity index (χ2n) is 1.34. The second-order valence-corrected chi connectivity index (χ2v) is 2.78. The van der Waals surface area contributed by atoms with Crippen LogP contribution in [0.25, 0.3) is 0 Å². The molecule has 0 radical (unpaired) electrons. The molecule has 56 valence electrons. The predicted molar refractivity (Wildman–Crippen MR) is 39.6 cm³/mol. The molecule has 1 rings (SSSR count). The molecule has 0 spiro atoms. The maximum Gasteiger partial charge on any atom is 0.265 e. The first-order chi connectivity index (χ1) is 4.63. The van der Waals surface area contributed by atoms with Gasteiger partial charge in [-0.05, 0) is 23.2 Å². The third kappa shape index (κ3) is 1.45. The summed E-state index contributed by atoms with van der Waals surface area (Å²) in [7, 11) is 0. The zero-order chi connectivity index (χ0) is 7.72. The highest BCUT2D eigenvalue weighted by molar-refractivity contribution is 6.50. The first-order valence-corrected chi connectivity index (χ1v) is 3.59. The molecule has 0 aromatic heterocycles. The van der Waals surface area contributed by atoms with E-state index in [9.17, 15) is 0 Å². The van der Waals surface area contributed by atoms with Crippen LogP contribution < -0.4 is 0 Å². The van der Waals surface area contributed by atoms with Gasteiger partial charge in [-0.2, -0.15) is 0 Å². The van der Waals surface area contributed by atoms with E-state index in [1.807, 2.05) is 0 Å². The Hall–Kier alpha value is 0.240. The fourth-order valence-corrected chi connectivity index (χ4v) is 0.902.